The molecule has 1 heterocycles. The molecule has 18 heavy (non-hydrogen) atoms. The van der Waals surface area contributed by atoms with E-state index < -0.39 is 0 Å². The van der Waals surface area contributed by atoms with Crippen LogP contribution in [0.25, 0.3) is 0 Å². The lowest BCUT2D eigenvalue weighted by atomic mass is 10.2. The Balaban J connectivity index is 2.32. The van der Waals surface area contributed by atoms with Gasteiger partial charge in [0.1, 0.15) is 0 Å². The summed E-state index contributed by atoms with van der Waals surface area (Å²) in [5, 5.41) is 0. The number of hydrogen-bond acceptors (Lipinski definition) is 3. The van der Waals surface area contributed by atoms with Gasteiger partial charge in [-0.3, -0.25) is 4.79 Å². The number of nitrogens with zero attached hydrogens (tertiary/aromatic N) is 1. The van der Waals surface area contributed by atoms with Crippen LogP contribution in [0.5, 0.6) is 0 Å². The number of carbonyl (C=O) groups is 1. The Morgan fingerprint density at radius 2 is 2.06 bits per heavy atom. The second kappa shape index (κ2) is 5.42. The van der Waals surface area contributed by atoms with Gasteiger partial charge in [-0.2, -0.15) is 0 Å². The lowest BCUT2D eigenvalue weighted by molar-refractivity contribution is 0.0993. The van der Waals surface area contributed by atoms with Crippen molar-refractivity contribution in [3.8, 4) is 0 Å². The fourth-order valence-corrected chi connectivity index (χ4v) is 4.30. The van der Waals surface area contributed by atoms with E-state index in [0.717, 1.165) is 13.3 Å². The van der Waals surface area contributed by atoms with Crippen LogP contribution in [0.3, 0.4) is 0 Å². The average Bonchev–Trinajstić information content (AvgIpc) is 2.66. The van der Waals surface area contributed by atoms with Gasteiger partial charge in [0, 0.05) is 18.4 Å². The first kappa shape index (κ1) is 13.6. The zero-order valence-electron chi connectivity index (χ0n) is 9.48. The van der Waals surface area contributed by atoms with E-state index in [1.54, 1.807) is 30.1 Å². The molecule has 0 aliphatic rings. The highest BCUT2D eigenvalue weighted by atomic mass is 79.9. The van der Waals surface area contributed by atoms with Crippen molar-refractivity contribution >= 4 is 60.5 Å². The van der Waals surface area contributed by atoms with Crippen molar-refractivity contribution in [2.24, 2.45) is 0 Å². The van der Waals surface area contributed by atoms with Crippen molar-refractivity contribution in [2.75, 3.05) is 17.7 Å². The van der Waals surface area contributed by atoms with E-state index in [2.05, 4.69) is 31.9 Å². The lowest BCUT2D eigenvalue weighted by Crippen LogP contribution is -2.26. The molecule has 0 atom stereocenters. The van der Waals surface area contributed by atoms with Gasteiger partial charge >= 0.3 is 0 Å². The molecular weight excluding hydrogens is 380 g/mol. The van der Waals surface area contributed by atoms with Gasteiger partial charge in [0.15, 0.2) is 0 Å². The van der Waals surface area contributed by atoms with Gasteiger partial charge in [-0.25, -0.2) is 0 Å². The molecule has 1 amide bonds. The van der Waals surface area contributed by atoms with Crippen LogP contribution in [0.15, 0.2) is 37.9 Å². The Labute approximate surface area is 126 Å². The molecule has 0 saturated heterocycles. The molecule has 2 rings (SSSR count). The monoisotopic (exact) mass is 388 g/mol. The number of hydrogen-bond donors (Lipinski definition) is 1. The smallest absolute Gasteiger partial charge is 0.260 e. The number of nitrogen functional groups attached to an aromatic ring is 1. The molecule has 0 bridgehead atoms. The van der Waals surface area contributed by atoms with Crippen molar-refractivity contribution in [3.63, 3.8) is 0 Å². The Hall–Kier alpha value is -0.850. The van der Waals surface area contributed by atoms with E-state index in [4.69, 9.17) is 5.73 Å². The summed E-state index contributed by atoms with van der Waals surface area (Å²) in [6.07, 6.45) is 0. The number of rotatable bonds is 2. The van der Waals surface area contributed by atoms with Gasteiger partial charge in [-0.15, -0.1) is 11.3 Å². The van der Waals surface area contributed by atoms with Gasteiger partial charge in [0.25, 0.3) is 5.91 Å². The van der Waals surface area contributed by atoms with Crippen molar-refractivity contribution in [1.29, 1.82) is 0 Å². The van der Waals surface area contributed by atoms with Gasteiger partial charge in [-0.05, 0) is 56.1 Å². The normalized spacial score (nSPS) is 10.4. The molecule has 0 saturated carbocycles. The molecule has 2 aromatic rings. The fourth-order valence-electron chi connectivity index (χ4n) is 1.52. The van der Waals surface area contributed by atoms with E-state index in [0.29, 0.717) is 11.3 Å². The van der Waals surface area contributed by atoms with Gasteiger partial charge in [0.05, 0.1) is 13.1 Å². The zero-order valence-corrected chi connectivity index (χ0v) is 13.5. The molecule has 3 nitrogen and oxygen atoms in total. The Morgan fingerprint density at radius 1 is 1.33 bits per heavy atom. The van der Waals surface area contributed by atoms with Crippen LogP contribution in [-0.4, -0.2) is 13.0 Å². The van der Waals surface area contributed by atoms with Gasteiger partial charge in [0.2, 0.25) is 0 Å². The number of amides is 1. The third-order valence-corrected chi connectivity index (χ3v) is 4.79. The van der Waals surface area contributed by atoms with Crippen molar-refractivity contribution in [2.45, 2.75) is 0 Å². The predicted molar refractivity (Wildman–Crippen MR) is 83.3 cm³/mol. The Bertz CT molecular complexity index is 598. The van der Waals surface area contributed by atoms with Crippen LogP contribution in [0.1, 0.15) is 10.4 Å². The molecule has 1 aromatic carbocycles. The van der Waals surface area contributed by atoms with Crippen LogP contribution < -0.4 is 10.6 Å². The molecule has 0 spiro atoms. The average molecular weight is 390 g/mol. The summed E-state index contributed by atoms with van der Waals surface area (Å²) in [5.41, 5.74) is 7.76. The van der Waals surface area contributed by atoms with Gasteiger partial charge < -0.3 is 10.6 Å². The quantitative estimate of drug-likeness (QED) is 0.784. The van der Waals surface area contributed by atoms with Crippen LogP contribution in [0.4, 0.5) is 11.4 Å². The molecule has 2 N–H and O–H groups in total. The molecule has 1 aromatic heterocycles. The summed E-state index contributed by atoms with van der Waals surface area (Å²) in [7, 11) is 1.73. The fraction of sp³-hybridized carbons (Fsp3) is 0.0833. The maximum atomic E-state index is 12.3. The summed E-state index contributed by atoms with van der Waals surface area (Å²) in [4.78, 5) is 13.9. The molecule has 0 fully saturated rings. The molecule has 0 unspecified atom stereocenters. The topological polar surface area (TPSA) is 46.3 Å². The third-order valence-electron chi connectivity index (χ3n) is 2.45. The third kappa shape index (κ3) is 2.76. The highest BCUT2D eigenvalue weighted by molar-refractivity contribution is 9.12. The summed E-state index contributed by atoms with van der Waals surface area (Å²) in [5.74, 6) is -0.0746. The maximum Gasteiger partial charge on any atom is 0.260 e. The van der Waals surface area contributed by atoms with Crippen LogP contribution >= 0.6 is 43.2 Å². The largest absolute Gasteiger partial charge is 0.399 e. The van der Waals surface area contributed by atoms with E-state index in [1.165, 1.54) is 11.3 Å². The Morgan fingerprint density at radius 3 is 2.61 bits per heavy atom. The molecule has 6 heteroatoms. The molecule has 0 aliphatic carbocycles. The summed E-state index contributed by atoms with van der Waals surface area (Å²) < 4.78 is 1.73. The maximum absolute atomic E-state index is 12.3. The number of thiophene rings is 1. The predicted octanol–water partition coefficient (Wildman–Crippen LogP) is 4.13. The number of anilines is 2. The van der Waals surface area contributed by atoms with Crippen molar-refractivity contribution in [3.05, 3.63) is 43.5 Å². The van der Waals surface area contributed by atoms with E-state index in [9.17, 15) is 4.79 Å². The molecule has 0 radical (unpaired) electrons. The zero-order chi connectivity index (χ0) is 13.3. The van der Waals surface area contributed by atoms with Crippen LogP contribution in [0.2, 0.25) is 0 Å². The number of carbonyl (C=O) groups excluding carboxylic acids is 1. The van der Waals surface area contributed by atoms with E-state index in [-0.39, 0.29) is 5.91 Å². The van der Waals surface area contributed by atoms with Crippen LogP contribution in [-0.2, 0) is 0 Å². The summed E-state index contributed by atoms with van der Waals surface area (Å²) >= 11 is 8.23. The Kier molecular flexibility index (Phi) is 4.09. The highest BCUT2D eigenvalue weighted by Crippen LogP contribution is 2.33. The molecule has 0 aliphatic heterocycles. The number of nitrogens with two attached hydrogens (primary N) is 1. The first-order valence-electron chi connectivity index (χ1n) is 5.07. The van der Waals surface area contributed by atoms with Crippen molar-refractivity contribution < 1.29 is 4.79 Å². The number of benzene rings is 1. The lowest BCUT2D eigenvalue weighted by Gasteiger charge is -2.17. The minimum atomic E-state index is -0.0746. The summed E-state index contributed by atoms with van der Waals surface area (Å²) in [6, 6.07) is 9.04. The van der Waals surface area contributed by atoms with Crippen molar-refractivity contribution in [1.82, 2.24) is 0 Å². The van der Waals surface area contributed by atoms with Gasteiger partial charge in [-0.1, -0.05) is 6.07 Å². The van der Waals surface area contributed by atoms with Crippen LogP contribution in [0, 0.1) is 0 Å². The standard InChI is InChI=1S/C12H10Br2N2OS/c1-16(8-4-2-3-7(15)5-8)12(17)9-6-10(13)18-11(9)14/h2-6H,15H2,1H3. The minimum absolute atomic E-state index is 0.0746. The molecule has 94 valence electrons. The first-order chi connectivity index (χ1) is 8.49. The SMILES string of the molecule is CN(C(=O)c1cc(Br)sc1Br)c1cccc(N)c1. The second-order valence-electron chi connectivity index (χ2n) is 3.70. The highest BCUT2D eigenvalue weighted by Gasteiger charge is 2.18. The summed E-state index contributed by atoms with van der Waals surface area (Å²) in [6.45, 7) is 0. The minimum Gasteiger partial charge on any atom is -0.399 e. The first-order valence-corrected chi connectivity index (χ1v) is 7.47. The van der Waals surface area contributed by atoms with E-state index in [1.807, 2.05) is 12.1 Å². The molecular formula is C12H10Br2N2OS. The number of halogens is 2. The second-order valence-corrected chi connectivity index (χ2v) is 7.45. The van der Waals surface area contributed by atoms with E-state index >= 15 is 0 Å².